The fourth-order valence-corrected chi connectivity index (χ4v) is 3.64. The van der Waals surface area contributed by atoms with Gasteiger partial charge in [0.25, 0.3) is 5.91 Å². The van der Waals surface area contributed by atoms with E-state index < -0.39 is 0 Å². The monoisotopic (exact) mass is 355 g/mol. The van der Waals surface area contributed by atoms with Crippen LogP contribution >= 0.6 is 0 Å². The highest BCUT2D eigenvalue weighted by molar-refractivity contribution is 5.94. The largest absolute Gasteiger partial charge is 0.490 e. The molecule has 2 aromatic rings. The van der Waals surface area contributed by atoms with Gasteiger partial charge in [0.05, 0.1) is 19.3 Å². The van der Waals surface area contributed by atoms with Crippen LogP contribution in [-0.2, 0) is 0 Å². The third kappa shape index (κ3) is 3.14. The molecule has 0 N–H and O–H groups in total. The highest BCUT2D eigenvalue weighted by Crippen LogP contribution is 2.38. The summed E-state index contributed by atoms with van der Waals surface area (Å²) in [6.07, 6.45) is 2.68. The Hall–Kier alpha value is -2.56. The predicted molar refractivity (Wildman–Crippen MR) is 96.2 cm³/mol. The highest BCUT2D eigenvalue weighted by Gasteiger charge is 2.31. The predicted octanol–water partition coefficient (Wildman–Crippen LogP) is 4.27. The van der Waals surface area contributed by atoms with Crippen LogP contribution in [0.2, 0.25) is 0 Å². The van der Waals surface area contributed by atoms with Crippen LogP contribution in [0.5, 0.6) is 11.5 Å². The average Bonchev–Trinajstić information content (AvgIpc) is 3.02. The Bertz CT molecular complexity index is 836. The van der Waals surface area contributed by atoms with E-state index in [9.17, 15) is 9.18 Å². The van der Waals surface area contributed by atoms with Gasteiger partial charge in [-0.1, -0.05) is 12.1 Å². The van der Waals surface area contributed by atoms with Gasteiger partial charge in [-0.3, -0.25) is 4.79 Å². The maximum absolute atomic E-state index is 13.9. The van der Waals surface area contributed by atoms with Gasteiger partial charge < -0.3 is 14.4 Å². The molecule has 1 fully saturated rings. The summed E-state index contributed by atoms with van der Waals surface area (Å²) in [5.41, 5.74) is 1.98. The molecule has 4 rings (SSSR count). The van der Waals surface area contributed by atoms with Crippen LogP contribution < -0.4 is 9.47 Å². The van der Waals surface area contributed by atoms with Crippen molar-refractivity contribution in [1.29, 1.82) is 0 Å². The first kappa shape index (κ1) is 16.9. The van der Waals surface area contributed by atoms with Crippen molar-refractivity contribution in [2.75, 3.05) is 19.8 Å². The first-order valence-electron chi connectivity index (χ1n) is 9.10. The Kier molecular flexibility index (Phi) is 4.53. The van der Waals surface area contributed by atoms with Crippen LogP contribution in [0.1, 0.15) is 46.8 Å². The minimum absolute atomic E-state index is 0.0241. The van der Waals surface area contributed by atoms with Crippen LogP contribution in [0.15, 0.2) is 36.4 Å². The second-order valence-electron chi connectivity index (χ2n) is 6.88. The Morgan fingerprint density at radius 2 is 1.88 bits per heavy atom. The Morgan fingerprint density at radius 1 is 1.08 bits per heavy atom. The molecule has 26 heavy (non-hydrogen) atoms. The smallest absolute Gasteiger partial charge is 0.254 e. The molecule has 136 valence electrons. The lowest BCUT2D eigenvalue weighted by Crippen LogP contribution is -2.30. The third-order valence-electron chi connectivity index (χ3n) is 5.09. The van der Waals surface area contributed by atoms with Gasteiger partial charge in [-0.2, -0.15) is 0 Å². The van der Waals surface area contributed by atoms with Gasteiger partial charge in [-0.15, -0.1) is 0 Å². The summed E-state index contributed by atoms with van der Waals surface area (Å²) in [5.74, 6) is 1.02. The van der Waals surface area contributed by atoms with Crippen LogP contribution in [0.25, 0.3) is 0 Å². The fraction of sp³-hybridized carbons (Fsp3) is 0.381. The molecule has 2 aromatic carbocycles. The van der Waals surface area contributed by atoms with Gasteiger partial charge in [0.15, 0.2) is 11.5 Å². The molecule has 0 spiro atoms. The number of carbonyl (C=O) groups excluding carboxylic acids is 1. The summed E-state index contributed by atoms with van der Waals surface area (Å²) in [4.78, 5) is 14.8. The molecule has 0 bridgehead atoms. The van der Waals surface area contributed by atoms with E-state index in [0.717, 1.165) is 36.3 Å². The molecule has 0 saturated carbocycles. The standard InChI is InChI=1S/C21H22FNO3/c1-14-5-6-16(12-17(14)22)21(24)23-9-2-4-18(23)15-7-8-19-20(13-15)26-11-3-10-25-19/h5-8,12-13,18H,2-4,9-11H2,1H3/t18-/m0/s1. The van der Waals surface area contributed by atoms with Crippen molar-refractivity contribution in [1.82, 2.24) is 4.90 Å². The van der Waals surface area contributed by atoms with Crippen molar-refractivity contribution >= 4 is 5.91 Å². The molecule has 0 aromatic heterocycles. The van der Waals surface area contributed by atoms with Gasteiger partial charge >= 0.3 is 0 Å². The third-order valence-corrected chi connectivity index (χ3v) is 5.09. The van der Waals surface area contributed by atoms with E-state index in [4.69, 9.17) is 9.47 Å². The van der Waals surface area contributed by atoms with Gasteiger partial charge in [0, 0.05) is 18.5 Å². The van der Waals surface area contributed by atoms with E-state index in [-0.39, 0.29) is 17.8 Å². The molecule has 5 heteroatoms. The van der Waals surface area contributed by atoms with Gasteiger partial charge in [0.2, 0.25) is 0 Å². The van der Waals surface area contributed by atoms with Crippen LogP contribution in [-0.4, -0.2) is 30.6 Å². The lowest BCUT2D eigenvalue weighted by molar-refractivity contribution is 0.0735. The minimum Gasteiger partial charge on any atom is -0.490 e. The molecule has 0 radical (unpaired) electrons. The number of rotatable bonds is 2. The number of carbonyl (C=O) groups is 1. The van der Waals surface area contributed by atoms with E-state index in [0.29, 0.717) is 30.9 Å². The van der Waals surface area contributed by atoms with E-state index >= 15 is 0 Å². The van der Waals surface area contributed by atoms with E-state index in [2.05, 4.69) is 0 Å². The van der Waals surface area contributed by atoms with Crippen molar-refractivity contribution in [3.8, 4) is 11.5 Å². The van der Waals surface area contributed by atoms with E-state index in [1.165, 1.54) is 6.07 Å². The maximum atomic E-state index is 13.9. The summed E-state index contributed by atoms with van der Waals surface area (Å²) in [6.45, 7) is 3.65. The topological polar surface area (TPSA) is 38.8 Å². The first-order chi connectivity index (χ1) is 12.6. The lowest BCUT2D eigenvalue weighted by atomic mass is 10.0. The highest BCUT2D eigenvalue weighted by atomic mass is 19.1. The molecule has 1 saturated heterocycles. The molecule has 0 aliphatic carbocycles. The van der Waals surface area contributed by atoms with Crippen molar-refractivity contribution in [3.05, 3.63) is 58.9 Å². The normalized spacial score (nSPS) is 19.3. The SMILES string of the molecule is Cc1ccc(C(=O)N2CCC[C@H]2c2ccc3c(c2)OCCCO3)cc1F. The molecule has 2 aliphatic rings. The van der Waals surface area contributed by atoms with Crippen molar-refractivity contribution in [2.45, 2.75) is 32.2 Å². The fourth-order valence-electron chi connectivity index (χ4n) is 3.64. The zero-order valence-corrected chi connectivity index (χ0v) is 14.8. The quantitative estimate of drug-likeness (QED) is 0.807. The van der Waals surface area contributed by atoms with E-state index in [1.54, 1.807) is 19.1 Å². The van der Waals surface area contributed by atoms with Gasteiger partial charge in [-0.25, -0.2) is 4.39 Å². The Balaban J connectivity index is 1.61. The van der Waals surface area contributed by atoms with Crippen LogP contribution in [0.4, 0.5) is 4.39 Å². The van der Waals surface area contributed by atoms with Crippen molar-refractivity contribution in [3.63, 3.8) is 0 Å². The summed E-state index contributed by atoms with van der Waals surface area (Å²) in [5, 5.41) is 0. The van der Waals surface area contributed by atoms with Crippen LogP contribution in [0, 0.1) is 12.7 Å². The molecule has 2 aliphatic heterocycles. The Labute approximate surface area is 152 Å². The molecule has 4 nitrogen and oxygen atoms in total. The maximum Gasteiger partial charge on any atom is 0.254 e. The minimum atomic E-state index is -0.345. The number of fused-ring (bicyclic) bond motifs is 1. The lowest BCUT2D eigenvalue weighted by Gasteiger charge is -2.26. The van der Waals surface area contributed by atoms with Gasteiger partial charge in [0.1, 0.15) is 5.82 Å². The Morgan fingerprint density at radius 3 is 2.69 bits per heavy atom. The molecule has 1 atom stereocenters. The summed E-state index contributed by atoms with van der Waals surface area (Å²) in [6, 6.07) is 10.6. The van der Waals surface area contributed by atoms with Gasteiger partial charge in [-0.05, 0) is 55.2 Å². The molecular formula is C21H22FNO3. The molecule has 2 heterocycles. The van der Waals surface area contributed by atoms with Crippen molar-refractivity contribution < 1.29 is 18.7 Å². The first-order valence-corrected chi connectivity index (χ1v) is 9.10. The molecular weight excluding hydrogens is 333 g/mol. The van der Waals surface area contributed by atoms with Crippen molar-refractivity contribution in [2.24, 2.45) is 0 Å². The number of nitrogens with zero attached hydrogens (tertiary/aromatic N) is 1. The number of hydrogen-bond acceptors (Lipinski definition) is 3. The van der Waals surface area contributed by atoms with E-state index in [1.807, 2.05) is 23.1 Å². The summed E-state index contributed by atoms with van der Waals surface area (Å²) < 4.78 is 25.3. The van der Waals surface area contributed by atoms with Crippen LogP contribution in [0.3, 0.4) is 0 Å². The number of hydrogen-bond donors (Lipinski definition) is 0. The summed E-state index contributed by atoms with van der Waals surface area (Å²) in [7, 11) is 0. The number of aryl methyl sites for hydroxylation is 1. The molecule has 0 unspecified atom stereocenters. The zero-order chi connectivity index (χ0) is 18.1. The zero-order valence-electron chi connectivity index (χ0n) is 14.8. The molecule has 1 amide bonds. The number of amides is 1. The average molecular weight is 355 g/mol. The number of benzene rings is 2. The summed E-state index contributed by atoms with van der Waals surface area (Å²) >= 11 is 0. The second-order valence-corrected chi connectivity index (χ2v) is 6.88. The number of likely N-dealkylation sites (tertiary alicyclic amines) is 1. The number of halogens is 1. The number of ether oxygens (including phenoxy) is 2. The second kappa shape index (κ2) is 6.98.